The van der Waals surface area contributed by atoms with Crippen LogP contribution in [0.15, 0.2) is 53.6 Å². The van der Waals surface area contributed by atoms with E-state index in [0.29, 0.717) is 5.75 Å². The Balaban J connectivity index is 1.73. The van der Waals surface area contributed by atoms with Gasteiger partial charge in [0.25, 0.3) is 17.5 Å². The number of ether oxygens (including phenoxy) is 1. The van der Waals surface area contributed by atoms with E-state index in [1.165, 1.54) is 31.4 Å². The van der Waals surface area contributed by atoms with Gasteiger partial charge < -0.3 is 4.74 Å². The number of benzene rings is 2. The first-order valence-electron chi connectivity index (χ1n) is 8.72. The molecule has 12 heteroatoms. The van der Waals surface area contributed by atoms with Crippen LogP contribution in [0.25, 0.3) is 0 Å². The Bertz CT molecular complexity index is 1100. The lowest BCUT2D eigenvalue weighted by Gasteiger charge is -2.28. The van der Waals surface area contributed by atoms with Crippen molar-refractivity contribution in [3.63, 3.8) is 0 Å². The molecule has 0 radical (unpaired) electrons. The van der Waals surface area contributed by atoms with Gasteiger partial charge in [-0.05, 0) is 24.3 Å². The largest absolute Gasteiger partial charge is 0.497 e. The summed E-state index contributed by atoms with van der Waals surface area (Å²) < 4.78 is 5.07. The molecule has 1 aliphatic rings. The maximum atomic E-state index is 12.7. The minimum atomic E-state index is -1.47. The second-order valence-corrected chi connectivity index (χ2v) is 6.17. The quantitative estimate of drug-likeness (QED) is 0.304. The molecule has 1 heterocycles. The Morgan fingerprint density at radius 2 is 1.94 bits per heavy atom. The summed E-state index contributed by atoms with van der Waals surface area (Å²) in [7, 11) is 1.42. The molecule has 0 bridgehead atoms. The molecule has 31 heavy (non-hydrogen) atoms. The molecule has 1 fully saturated rings. The van der Waals surface area contributed by atoms with Crippen LogP contribution in [0.3, 0.4) is 0 Å². The van der Waals surface area contributed by atoms with E-state index in [2.05, 4.69) is 15.8 Å². The van der Waals surface area contributed by atoms with Crippen LogP contribution in [-0.2, 0) is 9.59 Å². The number of amides is 5. The summed E-state index contributed by atoms with van der Waals surface area (Å²) in [6.45, 7) is 0. The van der Waals surface area contributed by atoms with Crippen LogP contribution in [0.2, 0.25) is 0 Å². The molecule has 0 spiro atoms. The van der Waals surface area contributed by atoms with E-state index in [0.717, 1.165) is 23.2 Å². The minimum absolute atomic E-state index is 0.0790. The van der Waals surface area contributed by atoms with Gasteiger partial charge in [-0.1, -0.05) is 6.07 Å². The maximum absolute atomic E-state index is 12.7. The molecule has 158 valence electrons. The first-order chi connectivity index (χ1) is 14.8. The summed E-state index contributed by atoms with van der Waals surface area (Å²) in [6, 6.07) is 9.94. The third-order valence-corrected chi connectivity index (χ3v) is 4.24. The van der Waals surface area contributed by atoms with E-state index < -0.39 is 34.6 Å². The molecule has 0 aromatic heterocycles. The van der Waals surface area contributed by atoms with E-state index in [1.54, 1.807) is 12.1 Å². The number of non-ortho nitro benzene ring substituents is 1. The lowest BCUT2D eigenvalue weighted by atomic mass is 10.1. The fraction of sp³-hybridized carbons (Fsp3) is 0.105. The first kappa shape index (κ1) is 21.1. The number of hydrazone groups is 1. The van der Waals surface area contributed by atoms with Crippen molar-refractivity contribution >= 4 is 41.3 Å². The van der Waals surface area contributed by atoms with Crippen molar-refractivity contribution in [1.82, 2.24) is 10.7 Å². The summed E-state index contributed by atoms with van der Waals surface area (Å²) in [5, 5.41) is 16.3. The lowest BCUT2D eigenvalue weighted by molar-refractivity contribution is -0.384. The van der Waals surface area contributed by atoms with Crippen LogP contribution in [0.5, 0.6) is 5.75 Å². The molecule has 3 rings (SSSR count). The second-order valence-electron chi connectivity index (χ2n) is 6.17. The number of nitro groups is 1. The Kier molecular flexibility index (Phi) is 6.00. The normalized spacial score (nSPS) is 16.2. The Labute approximate surface area is 174 Å². The first-order valence-corrected chi connectivity index (χ1v) is 8.72. The third-order valence-electron chi connectivity index (χ3n) is 4.24. The van der Waals surface area contributed by atoms with Gasteiger partial charge in [-0.15, -0.1) is 0 Å². The van der Waals surface area contributed by atoms with E-state index in [4.69, 9.17) is 4.74 Å². The highest BCUT2D eigenvalue weighted by atomic mass is 16.6. The number of hydrogen-bond donors (Lipinski definition) is 2. The third kappa shape index (κ3) is 4.53. The van der Waals surface area contributed by atoms with E-state index in [9.17, 15) is 29.3 Å². The van der Waals surface area contributed by atoms with Crippen LogP contribution in [0.4, 0.5) is 16.2 Å². The van der Waals surface area contributed by atoms with Gasteiger partial charge in [0.05, 0.1) is 17.7 Å². The molecule has 1 saturated heterocycles. The molecular formula is C19H15N5O7. The molecule has 1 aliphatic heterocycles. The highest BCUT2D eigenvalue weighted by molar-refractivity contribution is 6.32. The minimum Gasteiger partial charge on any atom is -0.497 e. The Hall–Kier alpha value is -4.61. The van der Waals surface area contributed by atoms with Crippen LogP contribution < -0.4 is 20.4 Å². The number of urea groups is 1. The number of hydrogen-bond acceptors (Lipinski definition) is 8. The van der Waals surface area contributed by atoms with Gasteiger partial charge in [0.2, 0.25) is 5.91 Å². The zero-order chi connectivity index (χ0) is 22.5. The van der Waals surface area contributed by atoms with Crippen LogP contribution >= 0.6 is 0 Å². The topological polar surface area (TPSA) is 160 Å². The summed E-state index contributed by atoms with van der Waals surface area (Å²) in [6.07, 6.45) is 0.889. The Morgan fingerprint density at radius 3 is 2.58 bits per heavy atom. The zero-order valence-corrected chi connectivity index (χ0v) is 16.0. The second kappa shape index (κ2) is 8.82. The number of nitrogens with one attached hydrogen (secondary N) is 2. The van der Waals surface area contributed by atoms with Gasteiger partial charge in [0, 0.05) is 30.0 Å². The van der Waals surface area contributed by atoms with Crippen LogP contribution in [0, 0.1) is 16.0 Å². The van der Waals surface area contributed by atoms with Crippen molar-refractivity contribution in [2.45, 2.75) is 0 Å². The predicted octanol–water partition coefficient (Wildman–Crippen LogP) is 1.22. The summed E-state index contributed by atoms with van der Waals surface area (Å²) in [5.74, 6) is -3.55. The SMILES string of the molecule is COc1cccc(N2C(=O)NC(=O)C(C=NNC(=O)c3ccc([N+](=O)[O-])cc3)C2=O)c1. The lowest BCUT2D eigenvalue weighted by Crippen LogP contribution is -2.58. The van der Waals surface area contributed by atoms with Crippen molar-refractivity contribution < 1.29 is 28.8 Å². The molecule has 2 N–H and O–H groups in total. The van der Waals surface area contributed by atoms with Crippen molar-refractivity contribution in [3.05, 3.63) is 64.2 Å². The smallest absolute Gasteiger partial charge is 0.335 e. The molecule has 2 aromatic rings. The standard InChI is InChI=1S/C19H15N5O7/c1-31-14-4-2-3-13(9-14)23-18(27)15(17(26)21-19(23)28)10-20-22-16(25)11-5-7-12(8-6-11)24(29)30/h2-10,15H,1H3,(H,22,25)(H,21,26,28). The fourth-order valence-electron chi connectivity index (χ4n) is 2.69. The summed E-state index contributed by atoms with van der Waals surface area (Å²) >= 11 is 0. The number of carbonyl (C=O) groups excluding carboxylic acids is 4. The van der Waals surface area contributed by atoms with Gasteiger partial charge in [-0.2, -0.15) is 5.10 Å². The highest BCUT2D eigenvalue weighted by Crippen LogP contribution is 2.24. The van der Waals surface area contributed by atoms with Crippen molar-refractivity contribution in [2.75, 3.05) is 12.0 Å². The zero-order valence-electron chi connectivity index (χ0n) is 16.0. The summed E-state index contributed by atoms with van der Waals surface area (Å²) in [4.78, 5) is 59.9. The maximum Gasteiger partial charge on any atom is 0.335 e. The average Bonchev–Trinajstić information content (AvgIpc) is 2.76. The van der Waals surface area contributed by atoms with Crippen molar-refractivity contribution in [1.29, 1.82) is 0 Å². The number of rotatable bonds is 6. The number of barbiturate groups is 1. The number of carbonyl (C=O) groups is 4. The van der Waals surface area contributed by atoms with Gasteiger partial charge in [-0.3, -0.25) is 29.8 Å². The predicted molar refractivity (Wildman–Crippen MR) is 107 cm³/mol. The Morgan fingerprint density at radius 1 is 1.23 bits per heavy atom. The van der Waals surface area contributed by atoms with E-state index in [1.807, 2.05) is 0 Å². The van der Waals surface area contributed by atoms with Crippen LogP contribution in [-0.4, -0.2) is 42.0 Å². The van der Waals surface area contributed by atoms with E-state index >= 15 is 0 Å². The molecule has 1 unspecified atom stereocenters. The number of imide groups is 2. The van der Waals surface area contributed by atoms with Crippen molar-refractivity contribution in [3.8, 4) is 5.75 Å². The molecule has 0 saturated carbocycles. The highest BCUT2D eigenvalue weighted by Gasteiger charge is 2.40. The number of nitrogens with zero attached hydrogens (tertiary/aromatic N) is 3. The number of anilines is 1. The molecule has 12 nitrogen and oxygen atoms in total. The average molecular weight is 425 g/mol. The van der Waals surface area contributed by atoms with Crippen LogP contribution in [0.1, 0.15) is 10.4 Å². The number of methoxy groups -OCH3 is 1. The van der Waals surface area contributed by atoms with Crippen molar-refractivity contribution in [2.24, 2.45) is 11.0 Å². The molecule has 1 atom stereocenters. The number of nitro benzene ring substituents is 1. The van der Waals surface area contributed by atoms with Gasteiger partial charge >= 0.3 is 6.03 Å². The van der Waals surface area contributed by atoms with Gasteiger partial charge in [-0.25, -0.2) is 15.1 Å². The van der Waals surface area contributed by atoms with E-state index in [-0.39, 0.29) is 16.9 Å². The molecular weight excluding hydrogens is 410 g/mol. The van der Waals surface area contributed by atoms with Gasteiger partial charge in [0.15, 0.2) is 5.92 Å². The monoisotopic (exact) mass is 425 g/mol. The molecule has 2 aromatic carbocycles. The molecule has 0 aliphatic carbocycles. The summed E-state index contributed by atoms with van der Waals surface area (Å²) in [5.41, 5.74) is 2.20. The fourth-order valence-corrected chi connectivity index (χ4v) is 2.69. The molecule has 5 amide bonds. The van der Waals surface area contributed by atoms with Gasteiger partial charge in [0.1, 0.15) is 5.75 Å².